The van der Waals surface area contributed by atoms with Gasteiger partial charge >= 0.3 is 0 Å². The molecule has 1 nitrogen and oxygen atoms in total. The molecule has 0 saturated carbocycles. The summed E-state index contributed by atoms with van der Waals surface area (Å²) < 4.78 is 0. The zero-order valence-electron chi connectivity index (χ0n) is 7.62. The fourth-order valence-corrected chi connectivity index (χ4v) is 0.940. The highest BCUT2D eigenvalue weighted by Gasteiger charge is 1.87. The molecule has 1 aromatic rings. The number of hydrogen-bond acceptors (Lipinski definition) is 1. The van der Waals surface area contributed by atoms with Crippen LogP contribution in [0, 0.1) is 6.92 Å². The Morgan fingerprint density at radius 3 is 2.33 bits per heavy atom. The minimum Gasteiger partial charge on any atom is -0.325 e. The van der Waals surface area contributed by atoms with Crippen molar-refractivity contribution in [3.05, 3.63) is 41.5 Å². The van der Waals surface area contributed by atoms with Crippen molar-refractivity contribution in [2.24, 2.45) is 5.73 Å². The second kappa shape index (κ2) is 4.07. The van der Waals surface area contributed by atoms with Crippen molar-refractivity contribution in [3.8, 4) is 0 Å². The van der Waals surface area contributed by atoms with Crippen LogP contribution in [0.1, 0.15) is 18.1 Å². The van der Waals surface area contributed by atoms with Crippen molar-refractivity contribution >= 4 is 6.08 Å². The van der Waals surface area contributed by atoms with E-state index in [1.807, 2.05) is 19.1 Å². The van der Waals surface area contributed by atoms with Gasteiger partial charge in [0.15, 0.2) is 0 Å². The first-order valence-electron chi connectivity index (χ1n) is 4.19. The summed E-state index contributed by atoms with van der Waals surface area (Å²) in [5.74, 6) is 0. The highest BCUT2D eigenvalue weighted by Crippen LogP contribution is 2.04. The van der Waals surface area contributed by atoms with Crippen LogP contribution in [0.5, 0.6) is 0 Å². The van der Waals surface area contributed by atoms with E-state index in [0.717, 1.165) is 0 Å². The van der Waals surface area contributed by atoms with E-state index in [1.54, 1.807) is 0 Å². The van der Waals surface area contributed by atoms with E-state index in [4.69, 9.17) is 5.73 Å². The molecular weight excluding hydrogens is 146 g/mol. The highest BCUT2D eigenvalue weighted by atomic mass is 14.6. The maximum atomic E-state index is 5.58. The third-order valence-corrected chi connectivity index (χ3v) is 1.67. The van der Waals surface area contributed by atoms with Crippen LogP contribution in [-0.2, 0) is 0 Å². The van der Waals surface area contributed by atoms with Crippen molar-refractivity contribution < 1.29 is 0 Å². The smallest absolute Gasteiger partial charge is 0.0198 e. The molecule has 1 aromatic carbocycles. The summed E-state index contributed by atoms with van der Waals surface area (Å²) in [7, 11) is 0. The lowest BCUT2D eigenvalue weighted by Crippen LogP contribution is -2.09. The summed E-state index contributed by atoms with van der Waals surface area (Å²) in [5, 5.41) is 0. The molecule has 0 aliphatic rings. The molecule has 0 spiro atoms. The van der Waals surface area contributed by atoms with Crippen molar-refractivity contribution in [2.45, 2.75) is 19.9 Å². The SMILES string of the molecule is Cc1ccc(/C=C/[C@@H](C)N)cc1. The minimum absolute atomic E-state index is 0.131. The summed E-state index contributed by atoms with van der Waals surface area (Å²) >= 11 is 0. The Morgan fingerprint density at radius 2 is 1.83 bits per heavy atom. The highest BCUT2D eigenvalue weighted by molar-refractivity contribution is 5.50. The fraction of sp³-hybridized carbons (Fsp3) is 0.273. The van der Waals surface area contributed by atoms with Gasteiger partial charge in [-0.1, -0.05) is 42.0 Å². The number of aryl methyl sites for hydroxylation is 1. The van der Waals surface area contributed by atoms with Gasteiger partial charge in [-0.25, -0.2) is 0 Å². The van der Waals surface area contributed by atoms with Gasteiger partial charge < -0.3 is 5.73 Å². The van der Waals surface area contributed by atoms with Gasteiger partial charge in [0, 0.05) is 6.04 Å². The standard InChI is InChI=1S/C11H15N/c1-9-3-6-11(7-4-9)8-5-10(2)12/h3-8,10H,12H2,1-2H3/b8-5+/t10-/m1/s1. The van der Waals surface area contributed by atoms with Crippen LogP contribution in [0.4, 0.5) is 0 Å². The summed E-state index contributed by atoms with van der Waals surface area (Å²) in [6, 6.07) is 8.51. The first kappa shape index (κ1) is 9.01. The van der Waals surface area contributed by atoms with Gasteiger partial charge in [-0.15, -0.1) is 0 Å². The van der Waals surface area contributed by atoms with Crippen LogP contribution in [0.3, 0.4) is 0 Å². The second-order valence-electron chi connectivity index (χ2n) is 3.13. The average Bonchev–Trinajstić information content (AvgIpc) is 2.03. The lowest BCUT2D eigenvalue weighted by molar-refractivity contribution is 0.931. The van der Waals surface area contributed by atoms with Crippen LogP contribution in [0.25, 0.3) is 6.08 Å². The van der Waals surface area contributed by atoms with Gasteiger partial charge in [0.25, 0.3) is 0 Å². The number of hydrogen-bond donors (Lipinski definition) is 1. The topological polar surface area (TPSA) is 26.0 Å². The molecule has 0 fully saturated rings. The average molecular weight is 161 g/mol. The van der Waals surface area contributed by atoms with E-state index in [2.05, 4.69) is 31.2 Å². The molecule has 0 aliphatic carbocycles. The number of rotatable bonds is 2. The number of nitrogens with two attached hydrogens (primary N) is 1. The molecule has 0 bridgehead atoms. The Hall–Kier alpha value is -1.08. The van der Waals surface area contributed by atoms with Crippen LogP contribution >= 0.6 is 0 Å². The summed E-state index contributed by atoms with van der Waals surface area (Å²) in [6.45, 7) is 4.05. The van der Waals surface area contributed by atoms with Crippen LogP contribution < -0.4 is 5.73 Å². The molecule has 1 heteroatoms. The Morgan fingerprint density at radius 1 is 1.25 bits per heavy atom. The van der Waals surface area contributed by atoms with Gasteiger partial charge in [-0.3, -0.25) is 0 Å². The van der Waals surface area contributed by atoms with Gasteiger partial charge in [0.05, 0.1) is 0 Å². The predicted octanol–water partition coefficient (Wildman–Crippen LogP) is 2.36. The van der Waals surface area contributed by atoms with Gasteiger partial charge in [0.2, 0.25) is 0 Å². The molecule has 0 aromatic heterocycles. The third kappa shape index (κ3) is 2.89. The zero-order chi connectivity index (χ0) is 8.97. The van der Waals surface area contributed by atoms with E-state index in [1.165, 1.54) is 11.1 Å². The summed E-state index contributed by atoms with van der Waals surface area (Å²) in [6.07, 6.45) is 4.04. The molecule has 1 atom stereocenters. The molecule has 0 amide bonds. The van der Waals surface area contributed by atoms with Gasteiger partial charge in [0.1, 0.15) is 0 Å². The normalized spacial score (nSPS) is 13.6. The quantitative estimate of drug-likeness (QED) is 0.708. The largest absolute Gasteiger partial charge is 0.325 e. The summed E-state index contributed by atoms with van der Waals surface area (Å²) in [5.41, 5.74) is 8.07. The van der Waals surface area contributed by atoms with E-state index in [9.17, 15) is 0 Å². The molecule has 0 heterocycles. The van der Waals surface area contributed by atoms with Crippen molar-refractivity contribution in [2.75, 3.05) is 0 Å². The Labute approximate surface area is 73.9 Å². The minimum atomic E-state index is 0.131. The van der Waals surface area contributed by atoms with Crippen LogP contribution in [0.2, 0.25) is 0 Å². The molecule has 0 radical (unpaired) electrons. The van der Waals surface area contributed by atoms with Crippen LogP contribution in [0.15, 0.2) is 30.3 Å². The lowest BCUT2D eigenvalue weighted by atomic mass is 10.1. The Kier molecular flexibility index (Phi) is 3.06. The molecule has 2 N–H and O–H groups in total. The first-order chi connectivity index (χ1) is 5.68. The van der Waals surface area contributed by atoms with Crippen molar-refractivity contribution in [1.82, 2.24) is 0 Å². The van der Waals surface area contributed by atoms with E-state index >= 15 is 0 Å². The Bertz CT molecular complexity index is 257. The molecule has 0 aliphatic heterocycles. The van der Waals surface area contributed by atoms with Gasteiger partial charge in [-0.05, 0) is 19.4 Å². The lowest BCUT2D eigenvalue weighted by Gasteiger charge is -1.96. The number of benzene rings is 1. The molecule has 1 rings (SSSR count). The molecule has 0 saturated heterocycles. The zero-order valence-corrected chi connectivity index (χ0v) is 7.62. The second-order valence-corrected chi connectivity index (χ2v) is 3.13. The van der Waals surface area contributed by atoms with E-state index in [0.29, 0.717) is 0 Å². The molecule has 12 heavy (non-hydrogen) atoms. The first-order valence-corrected chi connectivity index (χ1v) is 4.19. The van der Waals surface area contributed by atoms with E-state index in [-0.39, 0.29) is 6.04 Å². The fourth-order valence-electron chi connectivity index (χ4n) is 0.940. The molecule has 0 unspecified atom stereocenters. The van der Waals surface area contributed by atoms with Crippen molar-refractivity contribution in [3.63, 3.8) is 0 Å². The van der Waals surface area contributed by atoms with E-state index < -0.39 is 0 Å². The maximum Gasteiger partial charge on any atom is 0.0198 e. The molecule has 64 valence electrons. The van der Waals surface area contributed by atoms with Gasteiger partial charge in [-0.2, -0.15) is 0 Å². The third-order valence-electron chi connectivity index (χ3n) is 1.67. The van der Waals surface area contributed by atoms with Crippen molar-refractivity contribution in [1.29, 1.82) is 0 Å². The predicted molar refractivity (Wildman–Crippen MR) is 53.9 cm³/mol. The monoisotopic (exact) mass is 161 g/mol. The maximum absolute atomic E-state index is 5.58. The van der Waals surface area contributed by atoms with Crippen LogP contribution in [-0.4, -0.2) is 6.04 Å². The summed E-state index contributed by atoms with van der Waals surface area (Å²) in [4.78, 5) is 0. The molecular formula is C11H15N. The Balaban J connectivity index is 2.71.